The van der Waals surface area contributed by atoms with E-state index in [2.05, 4.69) is 0 Å². The molecule has 7 nitrogen and oxygen atoms in total. The van der Waals surface area contributed by atoms with Crippen LogP contribution in [0.5, 0.6) is 11.5 Å². The number of ketones is 1. The number of fused-ring (bicyclic) bond motifs is 1. The number of methoxy groups -OCH3 is 1. The molecule has 1 N–H and O–H groups in total. The molecule has 0 radical (unpaired) electrons. The van der Waals surface area contributed by atoms with Crippen molar-refractivity contribution in [2.45, 2.75) is 33.7 Å². The van der Waals surface area contributed by atoms with Gasteiger partial charge in [0, 0.05) is 5.56 Å². The van der Waals surface area contributed by atoms with Gasteiger partial charge in [0.15, 0.2) is 5.13 Å². The fourth-order valence-corrected chi connectivity index (χ4v) is 6.07. The van der Waals surface area contributed by atoms with Crippen molar-refractivity contribution in [1.82, 2.24) is 4.98 Å². The van der Waals surface area contributed by atoms with Crippen LogP contribution in [0.25, 0.3) is 16.0 Å². The maximum absolute atomic E-state index is 13.6. The Morgan fingerprint density at radius 3 is 2.42 bits per heavy atom. The first-order chi connectivity index (χ1) is 18.2. The second-order valence-corrected chi connectivity index (χ2v) is 10.3. The summed E-state index contributed by atoms with van der Waals surface area (Å²) in [6.45, 7) is 8.25. The first kappa shape index (κ1) is 25.5. The summed E-state index contributed by atoms with van der Waals surface area (Å²) in [7, 11) is 1.57. The molecule has 2 heterocycles. The van der Waals surface area contributed by atoms with Crippen molar-refractivity contribution in [3.8, 4) is 11.5 Å². The highest BCUT2D eigenvalue weighted by Crippen LogP contribution is 2.45. The number of aromatic nitrogens is 1. The van der Waals surface area contributed by atoms with E-state index in [4.69, 9.17) is 14.5 Å². The van der Waals surface area contributed by atoms with E-state index >= 15 is 0 Å². The summed E-state index contributed by atoms with van der Waals surface area (Å²) in [5.41, 5.74) is 4.75. The molecule has 194 valence electrons. The van der Waals surface area contributed by atoms with Gasteiger partial charge in [0.05, 0.1) is 35.5 Å². The van der Waals surface area contributed by atoms with E-state index in [1.54, 1.807) is 37.4 Å². The number of aliphatic hydroxyl groups is 1. The van der Waals surface area contributed by atoms with Gasteiger partial charge in [-0.15, -0.1) is 0 Å². The topological polar surface area (TPSA) is 89.0 Å². The molecule has 4 aromatic rings. The van der Waals surface area contributed by atoms with Gasteiger partial charge in [0.25, 0.3) is 5.78 Å². The number of amides is 1. The van der Waals surface area contributed by atoms with E-state index in [1.807, 2.05) is 52.0 Å². The summed E-state index contributed by atoms with van der Waals surface area (Å²) in [5, 5.41) is 11.9. The van der Waals surface area contributed by atoms with E-state index in [1.165, 1.54) is 16.2 Å². The van der Waals surface area contributed by atoms with Gasteiger partial charge in [-0.3, -0.25) is 14.5 Å². The third-order valence-electron chi connectivity index (χ3n) is 6.64. The molecule has 8 heteroatoms. The maximum Gasteiger partial charge on any atom is 0.301 e. The smallest absolute Gasteiger partial charge is 0.301 e. The molecule has 1 aromatic heterocycles. The quantitative estimate of drug-likeness (QED) is 0.181. The monoisotopic (exact) mass is 528 g/mol. The second kappa shape index (κ2) is 9.95. The summed E-state index contributed by atoms with van der Waals surface area (Å²) in [5.74, 6) is -0.412. The lowest BCUT2D eigenvalue weighted by atomic mass is 9.95. The second-order valence-electron chi connectivity index (χ2n) is 9.28. The Balaban J connectivity index is 1.71. The third kappa shape index (κ3) is 4.31. The highest BCUT2D eigenvalue weighted by molar-refractivity contribution is 7.22. The Hall–Kier alpha value is -4.17. The van der Waals surface area contributed by atoms with Crippen LogP contribution in [0.3, 0.4) is 0 Å². The molecule has 1 fully saturated rings. The van der Waals surface area contributed by atoms with Gasteiger partial charge >= 0.3 is 5.91 Å². The lowest BCUT2D eigenvalue weighted by Gasteiger charge is -2.23. The van der Waals surface area contributed by atoms with Gasteiger partial charge in [-0.1, -0.05) is 29.5 Å². The predicted octanol–water partition coefficient (Wildman–Crippen LogP) is 6.26. The summed E-state index contributed by atoms with van der Waals surface area (Å²) in [6, 6.07) is 15.5. The predicted molar refractivity (Wildman–Crippen MR) is 149 cm³/mol. The Labute approximate surface area is 225 Å². The van der Waals surface area contributed by atoms with Gasteiger partial charge in [-0.05, 0) is 86.3 Å². The number of nitrogens with zero attached hydrogens (tertiary/aromatic N) is 2. The highest BCUT2D eigenvalue weighted by Gasteiger charge is 2.48. The highest BCUT2D eigenvalue weighted by atomic mass is 32.1. The van der Waals surface area contributed by atoms with Crippen molar-refractivity contribution in [3.63, 3.8) is 0 Å². The molecule has 3 aromatic carbocycles. The first-order valence-corrected chi connectivity index (χ1v) is 13.1. The molecule has 0 saturated carbocycles. The number of thiazole rings is 1. The van der Waals surface area contributed by atoms with Crippen molar-refractivity contribution in [3.05, 3.63) is 88.0 Å². The van der Waals surface area contributed by atoms with Gasteiger partial charge < -0.3 is 14.6 Å². The van der Waals surface area contributed by atoms with Crippen LogP contribution in [0.1, 0.15) is 40.8 Å². The van der Waals surface area contributed by atoms with Crippen LogP contribution in [0.4, 0.5) is 5.13 Å². The minimum Gasteiger partial charge on any atom is -0.507 e. The average molecular weight is 529 g/mol. The van der Waals surface area contributed by atoms with Gasteiger partial charge in [0.2, 0.25) is 0 Å². The van der Waals surface area contributed by atoms with Crippen molar-refractivity contribution < 1.29 is 24.2 Å². The molecule has 0 bridgehead atoms. The normalized spacial score (nSPS) is 16.9. The van der Waals surface area contributed by atoms with Crippen molar-refractivity contribution in [1.29, 1.82) is 0 Å². The SMILES string of the molecule is CCOc1ccc([C@H]2/C(=C(\O)c3ccc(OC)c(C)c3)C(=O)C(=O)N2c2nc3c(C)cc(C)cc3s2)cc1. The number of carbonyl (C=O) groups excluding carboxylic acids is 2. The summed E-state index contributed by atoms with van der Waals surface area (Å²) >= 11 is 1.35. The minimum absolute atomic E-state index is 0.0101. The number of benzene rings is 3. The molecule has 1 amide bonds. The molecule has 38 heavy (non-hydrogen) atoms. The van der Waals surface area contributed by atoms with Crippen LogP contribution in [-0.4, -0.2) is 35.5 Å². The average Bonchev–Trinajstić information content (AvgIpc) is 3.43. The molecule has 0 aliphatic carbocycles. The van der Waals surface area contributed by atoms with E-state index in [9.17, 15) is 14.7 Å². The number of aliphatic hydroxyl groups excluding tert-OH is 1. The Bertz CT molecular complexity index is 1600. The molecular formula is C30H28N2O5S. The number of aryl methyl sites for hydroxylation is 3. The molecule has 1 aliphatic heterocycles. The minimum atomic E-state index is -0.866. The fourth-order valence-electron chi connectivity index (χ4n) is 4.90. The van der Waals surface area contributed by atoms with Crippen LogP contribution >= 0.6 is 11.3 Å². The number of hydrogen-bond acceptors (Lipinski definition) is 7. The third-order valence-corrected chi connectivity index (χ3v) is 7.65. The molecule has 0 spiro atoms. The van der Waals surface area contributed by atoms with Gasteiger partial charge in [-0.2, -0.15) is 0 Å². The summed E-state index contributed by atoms with van der Waals surface area (Å²) in [4.78, 5) is 33.2. The number of hydrogen-bond donors (Lipinski definition) is 1. The number of carbonyl (C=O) groups is 2. The van der Waals surface area contributed by atoms with E-state index < -0.39 is 17.7 Å². The van der Waals surface area contributed by atoms with Crippen LogP contribution < -0.4 is 14.4 Å². The lowest BCUT2D eigenvalue weighted by Crippen LogP contribution is -2.29. The zero-order valence-electron chi connectivity index (χ0n) is 21.9. The molecule has 1 saturated heterocycles. The Morgan fingerprint density at radius 1 is 1.03 bits per heavy atom. The number of Topliss-reactive ketones (excluding diaryl/α,β-unsaturated/α-hetero) is 1. The molecule has 5 rings (SSSR count). The zero-order valence-corrected chi connectivity index (χ0v) is 22.7. The van der Waals surface area contributed by atoms with Crippen molar-refractivity contribution >= 4 is 44.1 Å². The molecular weight excluding hydrogens is 500 g/mol. The van der Waals surface area contributed by atoms with E-state index in [0.29, 0.717) is 34.4 Å². The summed E-state index contributed by atoms with van der Waals surface area (Å²) in [6.07, 6.45) is 0. The van der Waals surface area contributed by atoms with Crippen molar-refractivity contribution in [2.24, 2.45) is 0 Å². The van der Waals surface area contributed by atoms with Crippen molar-refractivity contribution in [2.75, 3.05) is 18.6 Å². The maximum atomic E-state index is 13.6. The number of rotatable bonds is 6. The van der Waals surface area contributed by atoms with Crippen LogP contribution in [0.15, 0.2) is 60.2 Å². The standard InChI is InChI=1S/C30H28N2O5S/c1-6-37-21-10-7-19(8-11-21)26-24(27(33)20-9-12-22(36-5)17(3)15-20)28(34)29(35)32(26)30-31-25-18(4)13-16(2)14-23(25)38-30/h7-15,26,33H,6H2,1-5H3/b27-24+/t26-/m0/s1. The molecule has 0 unspecified atom stereocenters. The number of ether oxygens (including phenoxy) is 2. The fraction of sp³-hybridized carbons (Fsp3) is 0.233. The van der Waals surface area contributed by atoms with Crippen LogP contribution in [0.2, 0.25) is 0 Å². The molecule has 1 atom stereocenters. The van der Waals surface area contributed by atoms with Gasteiger partial charge in [0.1, 0.15) is 17.3 Å². The van der Waals surface area contributed by atoms with Crippen LogP contribution in [0, 0.1) is 20.8 Å². The van der Waals surface area contributed by atoms with E-state index in [-0.39, 0.29) is 11.3 Å². The van der Waals surface area contributed by atoms with Gasteiger partial charge in [-0.25, -0.2) is 4.98 Å². The number of anilines is 1. The molecule has 1 aliphatic rings. The Kier molecular flexibility index (Phi) is 6.67. The first-order valence-electron chi connectivity index (χ1n) is 12.3. The summed E-state index contributed by atoms with van der Waals surface area (Å²) < 4.78 is 11.9. The largest absolute Gasteiger partial charge is 0.507 e. The van der Waals surface area contributed by atoms with Crippen LogP contribution in [-0.2, 0) is 9.59 Å². The zero-order chi connectivity index (χ0) is 27.1. The Morgan fingerprint density at radius 2 is 1.76 bits per heavy atom. The van der Waals surface area contributed by atoms with E-state index in [0.717, 1.165) is 26.9 Å². The lowest BCUT2D eigenvalue weighted by molar-refractivity contribution is -0.132.